The van der Waals surface area contributed by atoms with Crippen molar-refractivity contribution in [2.75, 3.05) is 0 Å². The number of carboxylic acid groups (broad SMARTS) is 1. The second kappa shape index (κ2) is 4.65. The van der Waals surface area contributed by atoms with E-state index in [1.807, 2.05) is 0 Å². The zero-order chi connectivity index (χ0) is 11.6. The first-order chi connectivity index (χ1) is 6.93. The van der Waals surface area contributed by atoms with Gasteiger partial charge in [0.2, 0.25) is 0 Å². The maximum absolute atomic E-state index is 12.7. The summed E-state index contributed by atoms with van der Waals surface area (Å²) in [6.45, 7) is 1.56. The van der Waals surface area contributed by atoms with Crippen molar-refractivity contribution < 1.29 is 18.7 Å². The fourth-order valence-electron chi connectivity index (χ4n) is 1.25. The normalized spacial score (nSPS) is 10.7. The highest BCUT2D eigenvalue weighted by molar-refractivity contribution is 9.10. The number of rotatable bonds is 3. The van der Waals surface area contributed by atoms with E-state index in [4.69, 9.17) is 5.11 Å². The lowest BCUT2D eigenvalue weighted by molar-refractivity contribution is -0.136. The van der Waals surface area contributed by atoms with Gasteiger partial charge in [-0.2, -0.15) is 0 Å². The van der Waals surface area contributed by atoms with E-state index in [1.54, 1.807) is 6.92 Å². The monoisotopic (exact) mass is 279 g/mol. The van der Waals surface area contributed by atoms with Gasteiger partial charge < -0.3 is 5.11 Å². The molecule has 1 aromatic heterocycles. The number of aryl methyl sites for hydroxylation is 1. The molecule has 1 N–H and O–H groups in total. The molecule has 0 saturated heterocycles. The molecule has 0 aliphatic carbocycles. The molecule has 0 saturated carbocycles. The smallest absolute Gasteiger partial charge is 0.307 e. The maximum Gasteiger partial charge on any atom is 0.307 e. The molecule has 1 heterocycles. The highest BCUT2D eigenvalue weighted by atomic mass is 79.9. The molecular weight excluding hydrogens is 272 g/mol. The van der Waals surface area contributed by atoms with Crippen LogP contribution in [0.3, 0.4) is 0 Å². The molecule has 0 radical (unpaired) electrons. The molecule has 0 aromatic carbocycles. The average molecular weight is 280 g/mol. The van der Waals surface area contributed by atoms with Gasteiger partial charge in [0.05, 0.1) is 12.0 Å². The van der Waals surface area contributed by atoms with Crippen molar-refractivity contribution in [3.8, 4) is 0 Å². The van der Waals surface area contributed by atoms with Crippen LogP contribution in [0.4, 0.5) is 8.78 Å². The van der Waals surface area contributed by atoms with E-state index in [-0.39, 0.29) is 15.7 Å². The van der Waals surface area contributed by atoms with Gasteiger partial charge in [0.15, 0.2) is 0 Å². The summed E-state index contributed by atoms with van der Waals surface area (Å²) in [7, 11) is 0. The van der Waals surface area contributed by atoms with Crippen molar-refractivity contribution >= 4 is 21.9 Å². The summed E-state index contributed by atoms with van der Waals surface area (Å²) in [6.07, 6.45) is -1.79. The van der Waals surface area contributed by atoms with Crippen LogP contribution < -0.4 is 0 Å². The van der Waals surface area contributed by atoms with E-state index in [0.717, 1.165) is 0 Å². The molecule has 82 valence electrons. The van der Waals surface area contributed by atoms with Crippen LogP contribution in [0.1, 0.15) is 23.1 Å². The van der Waals surface area contributed by atoms with Crippen LogP contribution in [0.25, 0.3) is 0 Å². The Labute approximate surface area is 93.3 Å². The van der Waals surface area contributed by atoms with Crippen molar-refractivity contribution in [2.45, 2.75) is 19.8 Å². The van der Waals surface area contributed by atoms with Crippen LogP contribution >= 0.6 is 15.9 Å². The number of hydrogen-bond acceptors (Lipinski definition) is 2. The molecule has 1 aromatic rings. The molecule has 0 spiro atoms. The Bertz CT molecular complexity index is 396. The van der Waals surface area contributed by atoms with E-state index in [9.17, 15) is 13.6 Å². The first-order valence-corrected chi connectivity index (χ1v) is 4.86. The van der Waals surface area contributed by atoms with E-state index in [1.165, 1.54) is 6.20 Å². The largest absolute Gasteiger partial charge is 0.481 e. The van der Waals surface area contributed by atoms with E-state index in [0.29, 0.717) is 5.56 Å². The van der Waals surface area contributed by atoms with Gasteiger partial charge >= 0.3 is 5.97 Å². The van der Waals surface area contributed by atoms with Crippen molar-refractivity contribution in [3.05, 3.63) is 27.5 Å². The molecule has 6 heteroatoms. The summed E-state index contributed by atoms with van der Waals surface area (Å²) < 4.78 is 25.3. The first-order valence-electron chi connectivity index (χ1n) is 4.07. The van der Waals surface area contributed by atoms with Crippen LogP contribution in [0.2, 0.25) is 0 Å². The topological polar surface area (TPSA) is 50.2 Å². The van der Waals surface area contributed by atoms with E-state index >= 15 is 0 Å². The summed E-state index contributed by atoms with van der Waals surface area (Å²) in [5.74, 6) is -1.14. The number of halogens is 3. The van der Waals surface area contributed by atoms with Gasteiger partial charge in [-0.05, 0) is 34.0 Å². The number of carbonyl (C=O) groups is 1. The van der Waals surface area contributed by atoms with Gasteiger partial charge in [0.1, 0.15) is 4.60 Å². The minimum absolute atomic E-state index is 0.000602. The fourth-order valence-corrected chi connectivity index (χ4v) is 1.76. The van der Waals surface area contributed by atoms with E-state index in [2.05, 4.69) is 20.9 Å². The molecule has 15 heavy (non-hydrogen) atoms. The number of aliphatic carboxylic acids is 1. The lowest BCUT2D eigenvalue weighted by Crippen LogP contribution is -2.08. The van der Waals surface area contributed by atoms with Gasteiger partial charge in [-0.3, -0.25) is 4.79 Å². The van der Waals surface area contributed by atoms with Gasteiger partial charge in [-0.25, -0.2) is 13.8 Å². The fraction of sp³-hybridized carbons (Fsp3) is 0.333. The van der Waals surface area contributed by atoms with E-state index < -0.39 is 18.8 Å². The Hall–Kier alpha value is -1.04. The first kappa shape index (κ1) is 12.0. The predicted octanol–water partition coefficient (Wildman–Crippen LogP) is 2.72. The second-order valence-electron chi connectivity index (χ2n) is 3.00. The lowest BCUT2D eigenvalue weighted by atomic mass is 10.0. The number of nitrogens with zero attached hydrogens (tertiary/aromatic N) is 1. The summed E-state index contributed by atoms with van der Waals surface area (Å²) in [5.41, 5.74) is 0.243. The third-order valence-corrected chi connectivity index (χ3v) is 2.57. The van der Waals surface area contributed by atoms with Crippen molar-refractivity contribution in [1.82, 2.24) is 4.98 Å². The number of aromatic nitrogens is 1. The average Bonchev–Trinajstić information content (AvgIpc) is 2.10. The Morgan fingerprint density at radius 3 is 2.73 bits per heavy atom. The molecular formula is C9H8BrF2NO2. The van der Waals surface area contributed by atoms with Gasteiger partial charge in [0.25, 0.3) is 6.43 Å². The lowest BCUT2D eigenvalue weighted by Gasteiger charge is -2.11. The zero-order valence-corrected chi connectivity index (χ0v) is 9.38. The Morgan fingerprint density at radius 2 is 2.27 bits per heavy atom. The number of pyridine rings is 1. The molecule has 1 rings (SSSR count). The minimum Gasteiger partial charge on any atom is -0.481 e. The van der Waals surface area contributed by atoms with Crippen LogP contribution in [-0.4, -0.2) is 16.1 Å². The van der Waals surface area contributed by atoms with Crippen LogP contribution in [0, 0.1) is 6.92 Å². The molecule has 0 atom stereocenters. The van der Waals surface area contributed by atoms with Gasteiger partial charge in [0, 0.05) is 6.20 Å². The third-order valence-electron chi connectivity index (χ3n) is 1.94. The SMILES string of the molecule is Cc1cnc(Br)c(C(F)F)c1CC(=O)O. The second-order valence-corrected chi connectivity index (χ2v) is 3.75. The summed E-state index contributed by atoms with van der Waals surface area (Å²) in [6, 6.07) is 0. The highest BCUT2D eigenvalue weighted by Crippen LogP contribution is 2.31. The van der Waals surface area contributed by atoms with Gasteiger partial charge in [-0.1, -0.05) is 0 Å². The standard InChI is InChI=1S/C9H8BrF2NO2/c1-4-3-13-8(10)7(9(11)12)5(4)2-6(14)15/h3,9H,2H2,1H3,(H,14,15). The quantitative estimate of drug-likeness (QED) is 0.866. The number of hydrogen-bond donors (Lipinski definition) is 1. The molecule has 3 nitrogen and oxygen atoms in total. The molecule has 0 aliphatic heterocycles. The number of carboxylic acids is 1. The molecule has 0 unspecified atom stereocenters. The van der Waals surface area contributed by atoms with Crippen molar-refractivity contribution in [1.29, 1.82) is 0 Å². The Kier molecular flexibility index (Phi) is 3.73. The van der Waals surface area contributed by atoms with Crippen LogP contribution in [0.15, 0.2) is 10.8 Å². The molecule has 0 bridgehead atoms. The Morgan fingerprint density at radius 1 is 1.67 bits per heavy atom. The highest BCUT2D eigenvalue weighted by Gasteiger charge is 2.21. The molecule has 0 aliphatic rings. The van der Waals surface area contributed by atoms with Crippen LogP contribution in [-0.2, 0) is 11.2 Å². The zero-order valence-electron chi connectivity index (χ0n) is 7.80. The third kappa shape index (κ3) is 2.71. The number of alkyl halides is 2. The molecule has 0 fully saturated rings. The summed E-state index contributed by atoms with van der Waals surface area (Å²) in [4.78, 5) is 14.2. The predicted molar refractivity (Wildman–Crippen MR) is 53.0 cm³/mol. The van der Waals surface area contributed by atoms with Crippen molar-refractivity contribution in [3.63, 3.8) is 0 Å². The summed E-state index contributed by atoms with van der Waals surface area (Å²) >= 11 is 2.89. The van der Waals surface area contributed by atoms with Gasteiger partial charge in [-0.15, -0.1) is 0 Å². The maximum atomic E-state index is 12.7. The van der Waals surface area contributed by atoms with Crippen LogP contribution in [0.5, 0.6) is 0 Å². The summed E-state index contributed by atoms with van der Waals surface area (Å²) in [5, 5.41) is 8.61. The minimum atomic E-state index is -2.74. The Balaban J connectivity index is 3.31. The molecule has 0 amide bonds. The van der Waals surface area contributed by atoms with Crippen molar-refractivity contribution in [2.24, 2.45) is 0 Å².